The molecule has 2 amide bonds. The summed E-state index contributed by atoms with van der Waals surface area (Å²) in [6.45, 7) is 1.65. The lowest BCUT2D eigenvalue weighted by Crippen LogP contribution is -2.45. The van der Waals surface area contributed by atoms with E-state index in [1.54, 1.807) is 0 Å². The topological polar surface area (TPSA) is 36.4 Å². The number of anilines is 1. The minimum atomic E-state index is 0.150. The smallest absolute Gasteiger partial charge is 0.317 e. The Morgan fingerprint density at radius 2 is 1.87 bits per heavy atom. The lowest BCUT2D eigenvalue weighted by atomic mass is 10.0. The third kappa shape index (κ3) is 2.58. The average Bonchev–Trinajstić information content (AvgIpc) is 3.11. The minimum Gasteiger partial charge on any atom is -0.317 e. The van der Waals surface area contributed by atoms with E-state index >= 15 is 0 Å². The van der Waals surface area contributed by atoms with Crippen LogP contribution in [0.25, 0.3) is 0 Å². The van der Waals surface area contributed by atoms with E-state index in [2.05, 4.69) is 23.2 Å². The molecule has 2 aliphatic heterocycles. The van der Waals surface area contributed by atoms with Gasteiger partial charge in [0.25, 0.3) is 0 Å². The van der Waals surface area contributed by atoms with Gasteiger partial charge >= 0.3 is 6.03 Å². The summed E-state index contributed by atoms with van der Waals surface area (Å²) in [4.78, 5) is 21.3. The van der Waals surface area contributed by atoms with Gasteiger partial charge in [-0.2, -0.15) is 0 Å². The van der Waals surface area contributed by atoms with Gasteiger partial charge in [0.05, 0.1) is 6.04 Å². The van der Waals surface area contributed by atoms with Gasteiger partial charge in [0.1, 0.15) is 0 Å². The molecule has 3 heterocycles. The fourth-order valence-electron chi connectivity index (χ4n) is 3.82. The number of urea groups is 1. The van der Waals surface area contributed by atoms with Crippen LogP contribution in [0, 0.1) is 0 Å². The quantitative estimate of drug-likeness (QED) is 0.803. The molecular formula is C19H21N3O. The van der Waals surface area contributed by atoms with Crippen molar-refractivity contribution in [3.8, 4) is 0 Å². The third-order valence-corrected chi connectivity index (χ3v) is 4.93. The van der Waals surface area contributed by atoms with Crippen molar-refractivity contribution in [3.63, 3.8) is 0 Å². The van der Waals surface area contributed by atoms with E-state index in [1.807, 2.05) is 40.4 Å². The second kappa shape index (κ2) is 6.03. The zero-order valence-electron chi connectivity index (χ0n) is 13.2. The molecule has 1 aromatic heterocycles. The van der Waals surface area contributed by atoms with Gasteiger partial charge in [-0.3, -0.25) is 9.88 Å². The SMILES string of the molecule is O=C(N1CCCc2ccccc21)N1CCCC1c1ccncc1. The maximum absolute atomic E-state index is 13.2. The number of carbonyl (C=O) groups excluding carboxylic acids is 1. The fraction of sp³-hybridized carbons (Fsp3) is 0.368. The van der Waals surface area contributed by atoms with Gasteiger partial charge in [-0.25, -0.2) is 4.79 Å². The lowest BCUT2D eigenvalue weighted by Gasteiger charge is -2.35. The van der Waals surface area contributed by atoms with Gasteiger partial charge in [0.2, 0.25) is 0 Å². The number of hydrogen-bond donors (Lipinski definition) is 0. The van der Waals surface area contributed by atoms with Gasteiger partial charge in [0.15, 0.2) is 0 Å². The van der Waals surface area contributed by atoms with Crippen molar-refractivity contribution in [2.45, 2.75) is 31.7 Å². The van der Waals surface area contributed by atoms with E-state index in [1.165, 1.54) is 11.1 Å². The summed E-state index contributed by atoms with van der Waals surface area (Å²) in [7, 11) is 0. The van der Waals surface area contributed by atoms with Crippen molar-refractivity contribution in [2.75, 3.05) is 18.0 Å². The first-order valence-corrected chi connectivity index (χ1v) is 8.40. The van der Waals surface area contributed by atoms with Crippen LogP contribution < -0.4 is 4.90 Å². The number of rotatable bonds is 1. The molecule has 4 rings (SSSR count). The van der Waals surface area contributed by atoms with Crippen molar-refractivity contribution in [1.82, 2.24) is 9.88 Å². The van der Waals surface area contributed by atoms with Gasteiger partial charge < -0.3 is 4.90 Å². The molecule has 118 valence electrons. The van der Waals surface area contributed by atoms with Gasteiger partial charge in [-0.15, -0.1) is 0 Å². The number of para-hydroxylation sites is 1. The molecule has 1 fully saturated rings. The van der Waals surface area contributed by atoms with Crippen molar-refractivity contribution in [3.05, 3.63) is 59.9 Å². The lowest BCUT2D eigenvalue weighted by molar-refractivity contribution is 0.199. The molecule has 23 heavy (non-hydrogen) atoms. The summed E-state index contributed by atoms with van der Waals surface area (Å²) in [6, 6.07) is 12.7. The number of nitrogens with zero attached hydrogens (tertiary/aromatic N) is 3. The molecule has 1 aromatic carbocycles. The Hall–Kier alpha value is -2.36. The Balaban J connectivity index is 1.62. The van der Waals surface area contributed by atoms with Crippen LogP contribution in [-0.2, 0) is 6.42 Å². The highest BCUT2D eigenvalue weighted by Gasteiger charge is 2.34. The average molecular weight is 307 g/mol. The highest BCUT2D eigenvalue weighted by molar-refractivity contribution is 5.93. The highest BCUT2D eigenvalue weighted by atomic mass is 16.2. The maximum atomic E-state index is 13.2. The number of aryl methyl sites for hydroxylation is 1. The molecule has 0 N–H and O–H groups in total. The van der Waals surface area contributed by atoms with Crippen molar-refractivity contribution < 1.29 is 4.79 Å². The van der Waals surface area contributed by atoms with Crippen LogP contribution in [0.2, 0.25) is 0 Å². The Morgan fingerprint density at radius 1 is 1.04 bits per heavy atom. The molecule has 4 heteroatoms. The summed E-state index contributed by atoms with van der Waals surface area (Å²) in [6.07, 6.45) is 7.82. The van der Waals surface area contributed by atoms with Crippen LogP contribution >= 0.6 is 0 Å². The number of benzene rings is 1. The van der Waals surface area contributed by atoms with E-state index in [9.17, 15) is 4.79 Å². The molecule has 0 spiro atoms. The van der Waals surface area contributed by atoms with E-state index < -0.39 is 0 Å². The van der Waals surface area contributed by atoms with E-state index in [-0.39, 0.29) is 12.1 Å². The Morgan fingerprint density at radius 3 is 2.74 bits per heavy atom. The molecule has 1 saturated heterocycles. The normalized spacial score (nSPS) is 20.4. The zero-order chi connectivity index (χ0) is 15.6. The monoisotopic (exact) mass is 307 g/mol. The summed E-state index contributed by atoms with van der Waals surface area (Å²) in [5.74, 6) is 0. The minimum absolute atomic E-state index is 0.150. The molecule has 0 radical (unpaired) electrons. The maximum Gasteiger partial charge on any atom is 0.325 e. The molecule has 0 aliphatic carbocycles. The van der Waals surface area contributed by atoms with Gasteiger partial charge in [0, 0.05) is 31.2 Å². The van der Waals surface area contributed by atoms with E-state index in [0.717, 1.165) is 44.5 Å². The van der Waals surface area contributed by atoms with Crippen LogP contribution in [0.1, 0.15) is 36.4 Å². The molecule has 0 bridgehead atoms. The Labute approximate surface area is 136 Å². The summed E-state index contributed by atoms with van der Waals surface area (Å²) in [5.41, 5.74) is 3.56. The first-order valence-electron chi connectivity index (χ1n) is 8.40. The first kappa shape index (κ1) is 14.2. The van der Waals surface area contributed by atoms with Crippen LogP contribution in [0.15, 0.2) is 48.8 Å². The van der Waals surface area contributed by atoms with Gasteiger partial charge in [-0.05, 0) is 55.0 Å². The molecule has 1 unspecified atom stereocenters. The molecule has 1 atom stereocenters. The summed E-state index contributed by atoms with van der Waals surface area (Å²) >= 11 is 0. The number of pyridine rings is 1. The molecule has 0 saturated carbocycles. The molecule has 2 aliphatic rings. The largest absolute Gasteiger partial charge is 0.325 e. The first-order chi connectivity index (χ1) is 11.3. The standard InChI is InChI=1S/C19H21N3O/c23-19(21-13-3-6-15-5-1-2-7-17(15)21)22-14-4-8-18(22)16-9-11-20-12-10-16/h1-2,5,7,9-12,18H,3-4,6,8,13-14H2. The van der Waals surface area contributed by atoms with Crippen molar-refractivity contribution >= 4 is 11.7 Å². The summed E-state index contributed by atoms with van der Waals surface area (Å²) in [5, 5.41) is 0. The Bertz CT molecular complexity index is 701. The number of likely N-dealkylation sites (tertiary alicyclic amines) is 1. The second-order valence-electron chi connectivity index (χ2n) is 6.30. The highest BCUT2D eigenvalue weighted by Crippen LogP contribution is 2.35. The van der Waals surface area contributed by atoms with Crippen LogP contribution in [0.4, 0.5) is 10.5 Å². The Kier molecular flexibility index (Phi) is 3.74. The van der Waals surface area contributed by atoms with E-state index in [0.29, 0.717) is 0 Å². The van der Waals surface area contributed by atoms with Crippen LogP contribution in [0.3, 0.4) is 0 Å². The second-order valence-corrected chi connectivity index (χ2v) is 6.30. The number of amides is 2. The van der Waals surface area contributed by atoms with Gasteiger partial charge in [-0.1, -0.05) is 18.2 Å². The van der Waals surface area contributed by atoms with E-state index in [4.69, 9.17) is 0 Å². The van der Waals surface area contributed by atoms with Crippen LogP contribution in [-0.4, -0.2) is 29.0 Å². The third-order valence-electron chi connectivity index (χ3n) is 4.93. The number of hydrogen-bond acceptors (Lipinski definition) is 2. The van der Waals surface area contributed by atoms with Crippen molar-refractivity contribution in [1.29, 1.82) is 0 Å². The van der Waals surface area contributed by atoms with Crippen LogP contribution in [0.5, 0.6) is 0 Å². The predicted molar refractivity (Wildman–Crippen MR) is 90.4 cm³/mol. The summed E-state index contributed by atoms with van der Waals surface area (Å²) < 4.78 is 0. The number of fused-ring (bicyclic) bond motifs is 1. The number of aromatic nitrogens is 1. The predicted octanol–water partition coefficient (Wildman–Crippen LogP) is 3.79. The molecular weight excluding hydrogens is 286 g/mol. The molecule has 2 aromatic rings. The van der Waals surface area contributed by atoms with Crippen molar-refractivity contribution in [2.24, 2.45) is 0 Å². The zero-order valence-corrected chi connectivity index (χ0v) is 13.2. The fourth-order valence-corrected chi connectivity index (χ4v) is 3.82. The number of carbonyl (C=O) groups is 1. The molecule has 4 nitrogen and oxygen atoms in total.